The van der Waals surface area contributed by atoms with Crippen LogP contribution in [-0.2, 0) is 6.54 Å². The normalized spacial score (nSPS) is 11.2. The van der Waals surface area contributed by atoms with Crippen LogP contribution in [0.5, 0.6) is 0 Å². The van der Waals surface area contributed by atoms with Gasteiger partial charge in [-0.3, -0.25) is 0 Å². The van der Waals surface area contributed by atoms with Gasteiger partial charge in [-0.25, -0.2) is 0 Å². The molecule has 0 atom stereocenters. The Morgan fingerprint density at radius 2 is 2.30 bits per heavy atom. The van der Waals surface area contributed by atoms with Crippen molar-refractivity contribution in [2.24, 2.45) is 0 Å². The predicted octanol–water partition coefficient (Wildman–Crippen LogP) is 3.55. The molecular formula is C12H11BrClN5S. The Kier molecular flexibility index (Phi) is 3.66. The highest BCUT2D eigenvalue weighted by molar-refractivity contribution is 9.11. The molecular weight excluding hydrogens is 362 g/mol. The third kappa shape index (κ3) is 2.41. The molecule has 0 spiro atoms. The molecule has 0 aromatic carbocycles. The maximum Gasteiger partial charge on any atom is 0.255 e. The van der Waals surface area contributed by atoms with Crippen molar-refractivity contribution < 1.29 is 0 Å². The van der Waals surface area contributed by atoms with Crippen LogP contribution < -0.4 is 4.90 Å². The van der Waals surface area contributed by atoms with Crippen LogP contribution in [-0.4, -0.2) is 26.6 Å². The van der Waals surface area contributed by atoms with Crippen molar-refractivity contribution in [3.05, 3.63) is 37.8 Å². The van der Waals surface area contributed by atoms with Crippen molar-refractivity contribution in [3.63, 3.8) is 0 Å². The van der Waals surface area contributed by atoms with Crippen molar-refractivity contribution in [1.29, 1.82) is 0 Å². The van der Waals surface area contributed by atoms with Crippen LogP contribution in [0.3, 0.4) is 0 Å². The topological polar surface area (TPSA) is 46.3 Å². The van der Waals surface area contributed by atoms with Gasteiger partial charge in [0.15, 0.2) is 0 Å². The van der Waals surface area contributed by atoms with Crippen molar-refractivity contribution in [2.45, 2.75) is 13.5 Å². The van der Waals surface area contributed by atoms with E-state index in [9.17, 15) is 0 Å². The van der Waals surface area contributed by atoms with E-state index in [1.165, 1.54) is 11.9 Å². The van der Waals surface area contributed by atoms with E-state index in [-0.39, 0.29) is 0 Å². The number of nitrogens with zero attached hydrogens (tertiary/aromatic N) is 5. The van der Waals surface area contributed by atoms with Crippen LogP contribution in [0.1, 0.15) is 11.1 Å². The predicted molar refractivity (Wildman–Crippen MR) is 84.7 cm³/mol. The number of hydrogen-bond donors (Lipinski definition) is 0. The number of thiophene rings is 1. The summed E-state index contributed by atoms with van der Waals surface area (Å²) >= 11 is 11.3. The Balaban J connectivity index is 2.04. The molecule has 5 nitrogen and oxygen atoms in total. The number of fused-ring (bicyclic) bond motifs is 1. The molecule has 0 unspecified atom stereocenters. The first kappa shape index (κ1) is 13.8. The van der Waals surface area contributed by atoms with E-state index in [4.69, 9.17) is 11.6 Å². The summed E-state index contributed by atoms with van der Waals surface area (Å²) < 4.78 is 2.83. The SMILES string of the molecule is Cc1c(Cl)nc2ncnn2c1N(C)Cc1csc(Br)c1. The van der Waals surface area contributed by atoms with Crippen LogP contribution in [0.2, 0.25) is 5.15 Å². The van der Waals surface area contributed by atoms with Crippen LogP contribution in [0.25, 0.3) is 5.78 Å². The van der Waals surface area contributed by atoms with Crippen molar-refractivity contribution in [1.82, 2.24) is 19.6 Å². The summed E-state index contributed by atoms with van der Waals surface area (Å²) in [5.74, 6) is 1.41. The molecule has 0 amide bonds. The first-order valence-corrected chi connectivity index (χ1v) is 7.91. The average Bonchev–Trinajstić information content (AvgIpc) is 2.99. The zero-order chi connectivity index (χ0) is 14.3. The lowest BCUT2D eigenvalue weighted by atomic mass is 10.3. The van der Waals surface area contributed by atoms with Gasteiger partial charge in [-0.05, 0) is 39.9 Å². The molecule has 0 N–H and O–H groups in total. The van der Waals surface area contributed by atoms with Gasteiger partial charge in [0.25, 0.3) is 5.78 Å². The Labute approximate surface area is 133 Å². The average molecular weight is 373 g/mol. The Morgan fingerprint density at radius 3 is 3.00 bits per heavy atom. The highest BCUT2D eigenvalue weighted by atomic mass is 79.9. The molecule has 0 radical (unpaired) electrons. The summed E-state index contributed by atoms with van der Waals surface area (Å²) in [4.78, 5) is 10.4. The number of anilines is 1. The van der Waals surface area contributed by atoms with E-state index < -0.39 is 0 Å². The van der Waals surface area contributed by atoms with Gasteiger partial charge in [0.1, 0.15) is 17.3 Å². The van der Waals surface area contributed by atoms with Crippen LogP contribution in [0, 0.1) is 6.92 Å². The van der Waals surface area contributed by atoms with E-state index in [2.05, 4.69) is 47.3 Å². The second-order valence-electron chi connectivity index (χ2n) is 4.44. The molecule has 3 aromatic rings. The van der Waals surface area contributed by atoms with Gasteiger partial charge in [-0.1, -0.05) is 11.6 Å². The molecule has 0 aliphatic heterocycles. The first-order chi connectivity index (χ1) is 9.56. The lowest BCUT2D eigenvalue weighted by Gasteiger charge is -2.21. The zero-order valence-corrected chi connectivity index (χ0v) is 14.0. The standard InChI is InChI=1S/C12H11BrClN5S/c1-7-10(14)17-12-15-6-16-19(12)11(7)18(2)4-8-3-9(13)20-5-8/h3,5-6H,4H2,1-2H3. The second kappa shape index (κ2) is 5.31. The maximum absolute atomic E-state index is 6.18. The molecule has 8 heteroatoms. The minimum Gasteiger partial charge on any atom is -0.355 e. The highest BCUT2D eigenvalue weighted by Gasteiger charge is 2.16. The van der Waals surface area contributed by atoms with Gasteiger partial charge in [0, 0.05) is 19.2 Å². The van der Waals surface area contributed by atoms with E-state index in [1.54, 1.807) is 15.9 Å². The fourth-order valence-corrected chi connectivity index (χ4v) is 3.47. The van der Waals surface area contributed by atoms with Gasteiger partial charge in [0.2, 0.25) is 0 Å². The molecule has 0 saturated carbocycles. The molecule has 3 rings (SSSR count). The van der Waals surface area contributed by atoms with Crippen LogP contribution >= 0.6 is 38.9 Å². The van der Waals surface area contributed by atoms with E-state index in [0.29, 0.717) is 10.9 Å². The number of halogens is 2. The van der Waals surface area contributed by atoms with Crippen LogP contribution in [0.4, 0.5) is 5.82 Å². The first-order valence-electron chi connectivity index (χ1n) is 5.86. The summed E-state index contributed by atoms with van der Waals surface area (Å²) in [6, 6.07) is 2.11. The number of rotatable bonds is 3. The third-order valence-electron chi connectivity index (χ3n) is 2.98. The summed E-state index contributed by atoms with van der Waals surface area (Å²) in [7, 11) is 2.01. The molecule has 0 aliphatic rings. The third-order valence-corrected chi connectivity index (χ3v) is 4.90. The van der Waals surface area contributed by atoms with Gasteiger partial charge in [-0.15, -0.1) is 11.3 Å². The van der Waals surface area contributed by atoms with E-state index in [1.807, 2.05) is 14.0 Å². The van der Waals surface area contributed by atoms with Crippen molar-refractivity contribution >= 4 is 50.5 Å². The Bertz CT molecular complexity index is 768. The summed E-state index contributed by atoms with van der Waals surface area (Å²) in [5, 5.41) is 6.80. The monoisotopic (exact) mass is 371 g/mol. The minimum atomic E-state index is 0.457. The minimum absolute atomic E-state index is 0.457. The van der Waals surface area contributed by atoms with Gasteiger partial charge in [0.05, 0.1) is 3.79 Å². The molecule has 104 valence electrons. The zero-order valence-electron chi connectivity index (χ0n) is 10.8. The Morgan fingerprint density at radius 1 is 1.50 bits per heavy atom. The fraction of sp³-hybridized carbons (Fsp3) is 0.250. The van der Waals surface area contributed by atoms with Gasteiger partial charge >= 0.3 is 0 Å². The molecule has 0 fully saturated rings. The summed E-state index contributed by atoms with van der Waals surface area (Å²) in [5.41, 5.74) is 2.12. The highest BCUT2D eigenvalue weighted by Crippen LogP contribution is 2.27. The molecule has 3 aromatic heterocycles. The molecule has 0 bridgehead atoms. The lowest BCUT2D eigenvalue weighted by Crippen LogP contribution is -2.21. The fourth-order valence-electron chi connectivity index (χ4n) is 2.11. The quantitative estimate of drug-likeness (QED) is 0.660. The second-order valence-corrected chi connectivity index (χ2v) is 7.09. The van der Waals surface area contributed by atoms with Gasteiger partial charge < -0.3 is 4.90 Å². The number of hydrogen-bond acceptors (Lipinski definition) is 5. The largest absolute Gasteiger partial charge is 0.355 e. The molecule has 3 heterocycles. The van der Waals surface area contributed by atoms with Crippen molar-refractivity contribution in [2.75, 3.05) is 11.9 Å². The van der Waals surface area contributed by atoms with E-state index >= 15 is 0 Å². The van der Waals surface area contributed by atoms with Crippen LogP contribution in [0.15, 0.2) is 21.6 Å². The smallest absolute Gasteiger partial charge is 0.255 e. The maximum atomic E-state index is 6.18. The molecule has 0 aliphatic carbocycles. The summed E-state index contributed by atoms with van der Waals surface area (Å²) in [6.07, 6.45) is 1.48. The summed E-state index contributed by atoms with van der Waals surface area (Å²) in [6.45, 7) is 2.70. The Hall–Kier alpha value is -1.18. The van der Waals surface area contributed by atoms with Crippen molar-refractivity contribution in [3.8, 4) is 0 Å². The molecule has 20 heavy (non-hydrogen) atoms. The van der Waals surface area contributed by atoms with E-state index in [0.717, 1.165) is 21.7 Å². The molecule has 0 saturated heterocycles. The van der Waals surface area contributed by atoms with Gasteiger partial charge in [-0.2, -0.15) is 19.6 Å². The number of aromatic nitrogens is 4. The lowest BCUT2D eigenvalue weighted by molar-refractivity contribution is 0.825.